The van der Waals surface area contributed by atoms with E-state index in [0.717, 1.165) is 6.20 Å². The fraction of sp³-hybridized carbons (Fsp3) is 0.0278. The van der Waals surface area contributed by atoms with Gasteiger partial charge in [-0.05, 0) is 58.5 Å². The summed E-state index contributed by atoms with van der Waals surface area (Å²) in [5.74, 6) is 0. The number of nitrogens with two attached hydrogens (primary N) is 1. The number of fused-ring (bicyclic) bond motifs is 2. The van der Waals surface area contributed by atoms with E-state index in [1.165, 1.54) is 52.4 Å². The maximum Gasteiger partial charge on any atom is 0.488 e. The fourth-order valence-electron chi connectivity index (χ4n) is 6.25. The number of anilines is 3. The van der Waals surface area contributed by atoms with E-state index in [9.17, 15) is 33.7 Å². The first-order valence-corrected chi connectivity index (χ1v) is 16.8. The average Bonchev–Trinajstić information content (AvgIpc) is 3.88. The van der Waals surface area contributed by atoms with Crippen LogP contribution in [0, 0.1) is 0 Å². The van der Waals surface area contributed by atoms with Crippen LogP contribution < -0.4 is 27.3 Å². The number of nitrogens with one attached hydrogen (secondary N) is 2. The lowest BCUT2D eigenvalue weighted by Crippen LogP contribution is -2.30. The zero-order chi connectivity index (χ0) is 39.1. The van der Waals surface area contributed by atoms with Crippen LogP contribution in [0.5, 0.6) is 0 Å². The van der Waals surface area contributed by atoms with Crippen molar-refractivity contribution in [1.82, 2.24) is 40.0 Å². The zero-order valence-electron chi connectivity index (χ0n) is 28.7. The maximum absolute atomic E-state index is 13.3. The Bertz CT molecular complexity index is 2780. The first-order chi connectivity index (χ1) is 27.0. The maximum atomic E-state index is 13.3. The third-order valence-electron chi connectivity index (χ3n) is 9.01. The van der Waals surface area contributed by atoms with Crippen molar-refractivity contribution in [2.24, 2.45) is 0 Å². The normalized spacial score (nSPS) is 11.3. The number of nitrogens with zero attached hydrogens (tertiary/aromatic N) is 8. The second-order valence-corrected chi connectivity index (χ2v) is 12.6. The second-order valence-electron chi connectivity index (χ2n) is 12.6. The van der Waals surface area contributed by atoms with Crippen LogP contribution >= 0.6 is 0 Å². The number of hydrogen-bond acceptors (Lipinski definition) is 12. The Morgan fingerprint density at radius 2 is 1.25 bits per heavy atom. The molecule has 0 atom stereocenters. The van der Waals surface area contributed by atoms with E-state index >= 15 is 0 Å². The molecule has 4 aromatic heterocycles. The van der Waals surface area contributed by atoms with Crippen molar-refractivity contribution in [3.63, 3.8) is 0 Å². The molecule has 0 unspecified atom stereocenters. The number of urea groups is 1. The van der Waals surface area contributed by atoms with Gasteiger partial charge in [0.15, 0.2) is 0 Å². The van der Waals surface area contributed by atoms with Gasteiger partial charge in [0.1, 0.15) is 0 Å². The summed E-state index contributed by atoms with van der Waals surface area (Å²) in [6.45, 7) is 0. The predicted octanol–water partition coefficient (Wildman–Crippen LogP) is 2.80. The van der Waals surface area contributed by atoms with Crippen LogP contribution in [0.3, 0.4) is 0 Å². The molecule has 0 bridgehead atoms. The van der Waals surface area contributed by atoms with E-state index in [1.807, 2.05) is 6.07 Å². The van der Waals surface area contributed by atoms with Crippen LogP contribution in [0.4, 0.5) is 30.6 Å². The highest BCUT2D eigenvalue weighted by atomic mass is 19.3. The minimum Gasteiger partial charge on any atom is -0.423 e. The molecule has 0 fully saturated rings. The van der Waals surface area contributed by atoms with Crippen LogP contribution in [-0.4, -0.2) is 80.3 Å². The van der Waals surface area contributed by atoms with Gasteiger partial charge in [0.2, 0.25) is 0 Å². The first kappa shape index (κ1) is 35.9. The number of aromatic nitrogens is 8. The van der Waals surface area contributed by atoms with Crippen LogP contribution in [0.15, 0.2) is 110 Å². The van der Waals surface area contributed by atoms with Crippen molar-refractivity contribution in [2.45, 2.75) is 6.43 Å². The molecular weight excluding hydrogens is 726 g/mol. The number of hydrogen-bond donors (Lipinski definition) is 7. The Labute approximate surface area is 315 Å². The summed E-state index contributed by atoms with van der Waals surface area (Å²) in [6, 6.07) is 19.2. The van der Waals surface area contributed by atoms with Gasteiger partial charge in [-0.15, -0.1) is 0 Å². The smallest absolute Gasteiger partial charge is 0.423 e. The largest absolute Gasteiger partial charge is 0.488 e. The predicted molar refractivity (Wildman–Crippen MR) is 206 cm³/mol. The summed E-state index contributed by atoms with van der Waals surface area (Å²) >= 11 is 0. The molecule has 8 N–H and O–H groups in total. The molecule has 8 rings (SSSR count). The van der Waals surface area contributed by atoms with Crippen molar-refractivity contribution >= 4 is 70.1 Å². The molecule has 4 aromatic carbocycles. The van der Waals surface area contributed by atoms with Gasteiger partial charge in [-0.2, -0.15) is 30.6 Å². The Kier molecular flexibility index (Phi) is 9.36. The minimum absolute atomic E-state index is 0.165. The highest BCUT2D eigenvalue weighted by Crippen LogP contribution is 2.33. The monoisotopic (exact) mass is 753 g/mol. The molecule has 0 spiro atoms. The molecule has 56 heavy (non-hydrogen) atoms. The Morgan fingerprint density at radius 3 is 1.86 bits per heavy atom. The SMILES string of the molecule is Nc1cnnc2cc(-c3cc(B(O)O)ccc3-n3cc(NC(=O)Nc4cnnc5cc(-c6cc(B(O)O)ccc6-n6cc(C(F)F)cn6)ccc45)cn3)ccc12. The molecule has 276 valence electrons. The third kappa shape index (κ3) is 6.98. The quantitative estimate of drug-likeness (QED) is 0.106. The highest BCUT2D eigenvalue weighted by molar-refractivity contribution is 6.59. The molecule has 0 aliphatic carbocycles. The lowest BCUT2D eigenvalue weighted by atomic mass is 9.78. The van der Waals surface area contributed by atoms with Crippen molar-refractivity contribution in [2.75, 3.05) is 16.4 Å². The van der Waals surface area contributed by atoms with Gasteiger partial charge in [-0.1, -0.05) is 36.4 Å². The van der Waals surface area contributed by atoms with Crippen LogP contribution in [0.1, 0.15) is 12.0 Å². The Hall–Kier alpha value is -7.12. The first-order valence-electron chi connectivity index (χ1n) is 16.8. The summed E-state index contributed by atoms with van der Waals surface area (Å²) in [5.41, 5.74) is 11.4. The number of benzene rings is 4. The molecule has 20 heteroatoms. The lowest BCUT2D eigenvalue weighted by Gasteiger charge is -2.14. The van der Waals surface area contributed by atoms with E-state index in [2.05, 4.69) is 41.2 Å². The van der Waals surface area contributed by atoms with Gasteiger partial charge >= 0.3 is 20.3 Å². The number of nitrogen functional groups attached to an aromatic ring is 1. The highest BCUT2D eigenvalue weighted by Gasteiger charge is 2.20. The number of rotatable bonds is 9. The zero-order valence-corrected chi connectivity index (χ0v) is 28.7. The minimum atomic E-state index is -2.73. The van der Waals surface area contributed by atoms with Gasteiger partial charge in [0.25, 0.3) is 6.43 Å². The van der Waals surface area contributed by atoms with Gasteiger partial charge in [-0.25, -0.2) is 22.9 Å². The van der Waals surface area contributed by atoms with Gasteiger partial charge in [-0.3, -0.25) is 0 Å². The van der Waals surface area contributed by atoms with Crippen molar-refractivity contribution in [3.8, 4) is 33.6 Å². The van der Waals surface area contributed by atoms with Crippen LogP contribution in [-0.2, 0) is 0 Å². The molecule has 16 nitrogen and oxygen atoms in total. The van der Waals surface area contributed by atoms with E-state index in [4.69, 9.17) is 5.73 Å². The molecule has 0 saturated carbocycles. The summed E-state index contributed by atoms with van der Waals surface area (Å²) in [6.07, 6.45) is 5.38. The Balaban J connectivity index is 1.06. The number of carbonyl (C=O) groups is 1. The summed E-state index contributed by atoms with van der Waals surface area (Å²) < 4.78 is 29.5. The van der Waals surface area contributed by atoms with Crippen LogP contribution in [0.2, 0.25) is 0 Å². The third-order valence-corrected chi connectivity index (χ3v) is 9.01. The van der Waals surface area contributed by atoms with E-state index in [-0.39, 0.29) is 16.5 Å². The van der Waals surface area contributed by atoms with E-state index in [0.29, 0.717) is 72.5 Å². The standard InChI is InChI=1S/C36H27B2F2N11O5/c39-35(40)21-13-44-50(17-21)33-7-3-22(37(53)54)11-27(33)20-2-6-26-31(10-20)49-43-16-32(26)47-36(52)46-24-14-45-51(18-24)34-8-4-23(38(55)56)12-28(34)19-1-5-25-29(41)15-42-48-30(25)9-19/h1-18,35,53-56H,(H2,41,48)(H2,46,47,49,52). The Morgan fingerprint density at radius 1 is 0.679 bits per heavy atom. The number of alkyl halides is 2. The second kappa shape index (κ2) is 14.6. The van der Waals surface area contributed by atoms with Gasteiger partial charge in [0, 0.05) is 28.1 Å². The molecular formula is C36H27B2F2N11O5. The topological polar surface area (TPSA) is 235 Å². The molecule has 0 aliphatic heterocycles. The fourth-order valence-corrected chi connectivity index (χ4v) is 6.25. The number of carbonyl (C=O) groups excluding carboxylic acids is 1. The molecule has 8 aromatic rings. The van der Waals surface area contributed by atoms with Gasteiger partial charge in [0.05, 0.1) is 76.0 Å². The number of amides is 2. The summed E-state index contributed by atoms with van der Waals surface area (Å²) in [4.78, 5) is 13.3. The molecule has 0 radical (unpaired) electrons. The molecule has 2 amide bonds. The van der Waals surface area contributed by atoms with E-state index in [1.54, 1.807) is 54.7 Å². The summed E-state index contributed by atoms with van der Waals surface area (Å²) in [5, 5.41) is 71.1. The lowest BCUT2D eigenvalue weighted by molar-refractivity contribution is 0.151. The summed E-state index contributed by atoms with van der Waals surface area (Å²) in [7, 11) is -3.51. The van der Waals surface area contributed by atoms with Crippen molar-refractivity contribution in [1.29, 1.82) is 0 Å². The molecule has 4 heterocycles. The molecule has 0 aliphatic rings. The van der Waals surface area contributed by atoms with Gasteiger partial charge < -0.3 is 36.5 Å². The number of halogens is 2. The van der Waals surface area contributed by atoms with E-state index < -0.39 is 26.7 Å². The van der Waals surface area contributed by atoms with Crippen molar-refractivity contribution < 1.29 is 33.7 Å². The average molecular weight is 753 g/mol. The van der Waals surface area contributed by atoms with Crippen molar-refractivity contribution in [3.05, 3.63) is 116 Å². The van der Waals surface area contributed by atoms with Crippen LogP contribution in [0.25, 0.3) is 55.4 Å². The molecule has 0 saturated heterocycles.